The number of carbonyl (C=O) groups is 1. The number of hydrogen-bond acceptors (Lipinski definition) is 3. The summed E-state index contributed by atoms with van der Waals surface area (Å²) in [5.74, 6) is 1.42. The van der Waals surface area contributed by atoms with Crippen LogP contribution in [0.15, 0.2) is 48.5 Å². The summed E-state index contributed by atoms with van der Waals surface area (Å²) in [4.78, 5) is 12.0. The van der Waals surface area contributed by atoms with Crippen LogP contribution in [0.1, 0.15) is 31.0 Å². The number of ether oxygens (including phenoxy) is 2. The van der Waals surface area contributed by atoms with Crippen LogP contribution in [-0.2, 0) is 4.79 Å². The number of nitrogens with one attached hydrogen (secondary N) is 1. The average molecular weight is 313 g/mol. The minimum absolute atomic E-state index is 0.00617. The molecule has 0 aromatic heterocycles. The standard InChI is InChI=1S/C19H23NO3/c1-4-22-17-11-9-16(10-12-17)15(3)20-19(21)13-23-18-8-6-5-7-14(18)2/h5-12,15H,4,13H2,1-3H3,(H,20,21). The summed E-state index contributed by atoms with van der Waals surface area (Å²) in [5.41, 5.74) is 2.04. The molecule has 0 spiro atoms. The van der Waals surface area contributed by atoms with Crippen molar-refractivity contribution in [3.05, 3.63) is 59.7 Å². The summed E-state index contributed by atoms with van der Waals surface area (Å²) in [7, 11) is 0. The fraction of sp³-hybridized carbons (Fsp3) is 0.316. The molecule has 122 valence electrons. The molecule has 0 saturated heterocycles. The van der Waals surface area contributed by atoms with Gasteiger partial charge in [0, 0.05) is 0 Å². The molecule has 2 aromatic rings. The number of benzene rings is 2. The number of hydrogen-bond donors (Lipinski definition) is 1. The molecule has 1 unspecified atom stereocenters. The molecule has 0 fully saturated rings. The van der Waals surface area contributed by atoms with Gasteiger partial charge in [-0.1, -0.05) is 30.3 Å². The van der Waals surface area contributed by atoms with Crippen LogP contribution < -0.4 is 14.8 Å². The maximum atomic E-state index is 12.0. The van der Waals surface area contributed by atoms with Gasteiger partial charge in [0.15, 0.2) is 6.61 Å². The predicted molar refractivity (Wildman–Crippen MR) is 90.8 cm³/mol. The Hall–Kier alpha value is -2.49. The van der Waals surface area contributed by atoms with Gasteiger partial charge in [-0.2, -0.15) is 0 Å². The van der Waals surface area contributed by atoms with E-state index in [4.69, 9.17) is 9.47 Å². The lowest BCUT2D eigenvalue weighted by atomic mass is 10.1. The van der Waals surface area contributed by atoms with Gasteiger partial charge in [-0.25, -0.2) is 0 Å². The summed E-state index contributed by atoms with van der Waals surface area (Å²) in [6, 6.07) is 15.3. The second kappa shape index (κ2) is 8.22. The predicted octanol–water partition coefficient (Wildman–Crippen LogP) is 3.65. The van der Waals surface area contributed by atoms with Crippen LogP contribution in [0.3, 0.4) is 0 Å². The quantitative estimate of drug-likeness (QED) is 0.849. The highest BCUT2D eigenvalue weighted by molar-refractivity contribution is 5.78. The molecule has 0 aliphatic carbocycles. The zero-order chi connectivity index (χ0) is 16.7. The van der Waals surface area contributed by atoms with Gasteiger partial charge in [-0.05, 0) is 50.1 Å². The van der Waals surface area contributed by atoms with Crippen LogP contribution in [0.2, 0.25) is 0 Å². The molecule has 1 N–H and O–H groups in total. The van der Waals surface area contributed by atoms with E-state index in [2.05, 4.69) is 5.32 Å². The Balaban J connectivity index is 1.85. The number of para-hydroxylation sites is 1. The van der Waals surface area contributed by atoms with Crippen LogP contribution in [0.25, 0.3) is 0 Å². The van der Waals surface area contributed by atoms with E-state index >= 15 is 0 Å². The largest absolute Gasteiger partial charge is 0.494 e. The van der Waals surface area contributed by atoms with Crippen molar-refractivity contribution in [2.24, 2.45) is 0 Å². The average Bonchev–Trinajstić information content (AvgIpc) is 2.55. The van der Waals surface area contributed by atoms with Gasteiger partial charge in [0.25, 0.3) is 5.91 Å². The van der Waals surface area contributed by atoms with Gasteiger partial charge in [0.1, 0.15) is 11.5 Å². The first-order valence-electron chi connectivity index (χ1n) is 7.80. The van der Waals surface area contributed by atoms with Crippen LogP contribution in [0.4, 0.5) is 0 Å². The molecule has 0 bridgehead atoms. The number of carbonyl (C=O) groups excluding carboxylic acids is 1. The smallest absolute Gasteiger partial charge is 0.258 e. The molecule has 2 aromatic carbocycles. The fourth-order valence-corrected chi connectivity index (χ4v) is 2.25. The van der Waals surface area contributed by atoms with E-state index in [-0.39, 0.29) is 18.6 Å². The molecule has 0 aliphatic rings. The minimum atomic E-state index is -0.144. The highest BCUT2D eigenvalue weighted by Crippen LogP contribution is 2.18. The summed E-state index contributed by atoms with van der Waals surface area (Å²) < 4.78 is 11.0. The number of rotatable bonds is 7. The monoisotopic (exact) mass is 313 g/mol. The van der Waals surface area contributed by atoms with Gasteiger partial charge < -0.3 is 14.8 Å². The topological polar surface area (TPSA) is 47.6 Å². The zero-order valence-corrected chi connectivity index (χ0v) is 13.8. The molecule has 4 heteroatoms. The number of amides is 1. The molecule has 0 radical (unpaired) electrons. The Morgan fingerprint density at radius 1 is 1.09 bits per heavy atom. The van der Waals surface area contributed by atoms with E-state index in [1.165, 1.54) is 0 Å². The molecule has 0 heterocycles. The highest BCUT2D eigenvalue weighted by atomic mass is 16.5. The normalized spacial score (nSPS) is 11.6. The van der Waals surface area contributed by atoms with E-state index < -0.39 is 0 Å². The van der Waals surface area contributed by atoms with Crippen LogP contribution >= 0.6 is 0 Å². The van der Waals surface area contributed by atoms with Gasteiger partial charge in [-0.3, -0.25) is 4.79 Å². The summed E-state index contributed by atoms with van der Waals surface area (Å²) in [6.07, 6.45) is 0. The van der Waals surface area contributed by atoms with E-state index in [0.29, 0.717) is 6.61 Å². The molecule has 1 atom stereocenters. The molecule has 0 aliphatic heterocycles. The van der Waals surface area contributed by atoms with Crippen molar-refractivity contribution >= 4 is 5.91 Å². The molecule has 0 saturated carbocycles. The lowest BCUT2D eigenvalue weighted by Gasteiger charge is -2.15. The van der Waals surface area contributed by atoms with Crippen molar-refractivity contribution in [1.29, 1.82) is 0 Å². The first kappa shape index (κ1) is 16.9. The lowest BCUT2D eigenvalue weighted by molar-refractivity contribution is -0.123. The summed E-state index contributed by atoms with van der Waals surface area (Å²) in [6.45, 7) is 6.50. The maximum Gasteiger partial charge on any atom is 0.258 e. The van der Waals surface area contributed by atoms with Crippen molar-refractivity contribution in [3.63, 3.8) is 0 Å². The first-order valence-corrected chi connectivity index (χ1v) is 7.80. The molecular weight excluding hydrogens is 290 g/mol. The van der Waals surface area contributed by atoms with Gasteiger partial charge in [0.05, 0.1) is 12.6 Å². The van der Waals surface area contributed by atoms with Crippen LogP contribution in [0.5, 0.6) is 11.5 Å². The van der Waals surface area contributed by atoms with Crippen molar-refractivity contribution in [1.82, 2.24) is 5.32 Å². The van der Waals surface area contributed by atoms with Crippen molar-refractivity contribution < 1.29 is 14.3 Å². The Labute approximate surface area is 137 Å². The SMILES string of the molecule is CCOc1ccc(C(C)NC(=O)COc2ccccc2C)cc1. The van der Waals surface area contributed by atoms with Crippen LogP contribution in [0, 0.1) is 6.92 Å². The molecule has 4 nitrogen and oxygen atoms in total. The summed E-state index contributed by atoms with van der Waals surface area (Å²) >= 11 is 0. The minimum Gasteiger partial charge on any atom is -0.494 e. The Morgan fingerprint density at radius 2 is 1.78 bits per heavy atom. The van der Waals surface area contributed by atoms with Crippen molar-refractivity contribution in [2.45, 2.75) is 26.8 Å². The van der Waals surface area contributed by atoms with Gasteiger partial charge in [-0.15, -0.1) is 0 Å². The van der Waals surface area contributed by atoms with Gasteiger partial charge >= 0.3 is 0 Å². The second-order valence-electron chi connectivity index (χ2n) is 5.35. The van der Waals surface area contributed by atoms with E-state index in [1.807, 2.05) is 69.3 Å². The van der Waals surface area contributed by atoms with E-state index in [9.17, 15) is 4.79 Å². The van der Waals surface area contributed by atoms with E-state index in [1.54, 1.807) is 0 Å². The van der Waals surface area contributed by atoms with Gasteiger partial charge in [0.2, 0.25) is 0 Å². The third-order valence-corrected chi connectivity index (χ3v) is 3.52. The maximum absolute atomic E-state index is 12.0. The molecular formula is C19H23NO3. The molecule has 2 rings (SSSR count). The Kier molecular flexibility index (Phi) is 6.03. The zero-order valence-electron chi connectivity index (χ0n) is 13.8. The molecule has 23 heavy (non-hydrogen) atoms. The highest BCUT2D eigenvalue weighted by Gasteiger charge is 2.10. The fourth-order valence-electron chi connectivity index (χ4n) is 2.25. The Morgan fingerprint density at radius 3 is 2.43 bits per heavy atom. The molecule has 1 amide bonds. The third-order valence-electron chi connectivity index (χ3n) is 3.52. The number of aryl methyl sites for hydroxylation is 1. The first-order chi connectivity index (χ1) is 11.1. The Bertz CT molecular complexity index is 637. The third kappa shape index (κ3) is 5.02. The van der Waals surface area contributed by atoms with Crippen molar-refractivity contribution in [2.75, 3.05) is 13.2 Å². The van der Waals surface area contributed by atoms with Crippen LogP contribution in [-0.4, -0.2) is 19.1 Å². The summed E-state index contributed by atoms with van der Waals surface area (Å²) in [5, 5.41) is 2.93. The lowest BCUT2D eigenvalue weighted by Crippen LogP contribution is -2.31. The van der Waals surface area contributed by atoms with Crippen molar-refractivity contribution in [3.8, 4) is 11.5 Å². The second-order valence-corrected chi connectivity index (χ2v) is 5.35. The van der Waals surface area contributed by atoms with E-state index in [0.717, 1.165) is 22.6 Å².